The monoisotopic (exact) mass is 734 g/mol. The van der Waals surface area contributed by atoms with Crippen LogP contribution in [-0.4, -0.2) is 67.1 Å². The van der Waals surface area contributed by atoms with Crippen molar-refractivity contribution in [2.45, 2.75) is 42.2 Å². The van der Waals surface area contributed by atoms with E-state index in [9.17, 15) is 32.0 Å². The molecular formula is C29H30Cl2F2N4O8S2. The number of halogens is 4. The molecule has 0 unspecified atom stereocenters. The van der Waals surface area contributed by atoms with Crippen molar-refractivity contribution >= 4 is 56.9 Å². The van der Waals surface area contributed by atoms with Crippen molar-refractivity contribution in [2.24, 2.45) is 13.0 Å². The molecule has 3 aromatic rings. The molecule has 254 valence electrons. The van der Waals surface area contributed by atoms with Gasteiger partial charge in [0, 0.05) is 44.6 Å². The number of hydrogen-bond donors (Lipinski definition) is 1. The number of nitrogens with zero attached hydrogens (tertiary/aromatic N) is 3. The molecule has 0 radical (unpaired) electrons. The van der Waals surface area contributed by atoms with Crippen LogP contribution in [0.2, 0.25) is 10.0 Å². The summed E-state index contributed by atoms with van der Waals surface area (Å²) in [7, 11) is -1.33. The minimum absolute atomic E-state index is 0.00570. The maximum absolute atomic E-state index is 13.8. The molecule has 1 saturated heterocycles. The van der Waals surface area contributed by atoms with Crippen LogP contribution < -0.4 is 19.5 Å². The van der Waals surface area contributed by atoms with E-state index < -0.39 is 40.0 Å². The summed E-state index contributed by atoms with van der Waals surface area (Å²) in [6.45, 7) is -2.87. The number of esters is 1. The number of hydrogen-bond acceptors (Lipinski definition) is 9. The Labute approximate surface area is 283 Å². The third-order valence-electron chi connectivity index (χ3n) is 7.53. The van der Waals surface area contributed by atoms with E-state index in [-0.39, 0.29) is 74.5 Å². The predicted molar refractivity (Wildman–Crippen MR) is 168 cm³/mol. The van der Waals surface area contributed by atoms with Crippen molar-refractivity contribution in [1.82, 2.24) is 14.2 Å². The van der Waals surface area contributed by atoms with Crippen LogP contribution in [0.4, 0.5) is 8.78 Å². The highest BCUT2D eigenvalue weighted by Crippen LogP contribution is 2.39. The standard InChI is InChI=1S/C29H30Cl2F2N4O8S2/c1-34-26(38)22-10-18(12-35(22)2)47(41,42)37-7-8-46-27(37)28(39)44-24(11-19-20(30)13-36(40)14-21(19)31)17-5-6-23(45-29(32)33)25(9-17)43-15-16-3-4-16/h5-6,9-10,12-14,16,24,27,29H,3-4,7-8,11,15H2,1-2H3,(H,34,38)/t24-,27-/m0/s1. The summed E-state index contributed by atoms with van der Waals surface area (Å²) in [6, 6.07) is 5.27. The number of ether oxygens (including phenoxy) is 3. The first-order chi connectivity index (χ1) is 22.3. The van der Waals surface area contributed by atoms with E-state index in [2.05, 4.69) is 10.1 Å². The van der Waals surface area contributed by atoms with Gasteiger partial charge in [0.1, 0.15) is 26.7 Å². The number of thioether (sulfide) groups is 1. The molecule has 1 aromatic carbocycles. The summed E-state index contributed by atoms with van der Waals surface area (Å²) in [5, 5.41) is 13.0. The molecule has 5 rings (SSSR count). The van der Waals surface area contributed by atoms with Crippen LogP contribution in [0.15, 0.2) is 47.8 Å². The molecule has 12 nitrogen and oxygen atoms in total. The average molecular weight is 736 g/mol. The third-order valence-corrected chi connectivity index (χ3v) is 11.3. The Morgan fingerprint density at radius 1 is 1.17 bits per heavy atom. The summed E-state index contributed by atoms with van der Waals surface area (Å²) in [5.41, 5.74) is 0.640. The van der Waals surface area contributed by atoms with E-state index in [0.717, 1.165) is 41.3 Å². The predicted octanol–water partition coefficient (Wildman–Crippen LogP) is 4.31. The molecular weight excluding hydrogens is 705 g/mol. The van der Waals surface area contributed by atoms with Crippen molar-refractivity contribution in [1.29, 1.82) is 0 Å². The van der Waals surface area contributed by atoms with E-state index in [0.29, 0.717) is 4.73 Å². The highest BCUT2D eigenvalue weighted by molar-refractivity contribution is 8.02. The lowest BCUT2D eigenvalue weighted by Gasteiger charge is -2.25. The van der Waals surface area contributed by atoms with Crippen LogP contribution >= 0.6 is 35.0 Å². The second-order valence-electron chi connectivity index (χ2n) is 10.9. The molecule has 1 aliphatic carbocycles. The van der Waals surface area contributed by atoms with Gasteiger partial charge in [-0.25, -0.2) is 13.2 Å². The van der Waals surface area contributed by atoms with Gasteiger partial charge in [0.25, 0.3) is 5.91 Å². The van der Waals surface area contributed by atoms with Gasteiger partial charge in [-0.1, -0.05) is 29.3 Å². The van der Waals surface area contributed by atoms with E-state index in [1.807, 2.05) is 0 Å². The van der Waals surface area contributed by atoms with Gasteiger partial charge in [-0.3, -0.25) is 4.79 Å². The molecule has 3 heterocycles. The molecule has 0 bridgehead atoms. The number of carbonyl (C=O) groups is 2. The van der Waals surface area contributed by atoms with Gasteiger partial charge in [-0.05, 0) is 42.5 Å². The Hall–Kier alpha value is -3.31. The number of sulfonamides is 1. The summed E-state index contributed by atoms with van der Waals surface area (Å²) < 4.78 is 72.9. The second-order valence-corrected chi connectivity index (χ2v) is 14.7. The molecule has 1 saturated carbocycles. The Morgan fingerprint density at radius 2 is 1.87 bits per heavy atom. The summed E-state index contributed by atoms with van der Waals surface area (Å²) in [5.74, 6) is -1.09. The van der Waals surface area contributed by atoms with Gasteiger partial charge >= 0.3 is 12.6 Å². The maximum atomic E-state index is 13.8. The van der Waals surface area contributed by atoms with Crippen molar-refractivity contribution in [3.05, 3.63) is 74.9 Å². The molecule has 47 heavy (non-hydrogen) atoms. The Balaban J connectivity index is 1.47. The van der Waals surface area contributed by atoms with Gasteiger partial charge in [0.15, 0.2) is 29.3 Å². The van der Waals surface area contributed by atoms with E-state index in [1.165, 1.54) is 49.1 Å². The SMILES string of the molecule is CNC(=O)c1cc(S(=O)(=O)N2CCS[C@H]2C(=O)O[C@@H](Cc2c(Cl)c[n+]([O-])cc2Cl)c2ccc(OC(F)F)c(OCC3CC3)c2)cn1C. The molecule has 2 fully saturated rings. The van der Waals surface area contributed by atoms with E-state index in [4.69, 9.17) is 32.7 Å². The topological polar surface area (TPSA) is 143 Å². The smallest absolute Gasteiger partial charge is 0.387 e. The molecule has 18 heteroatoms. The summed E-state index contributed by atoms with van der Waals surface area (Å²) >= 11 is 13.7. The molecule has 1 amide bonds. The fraction of sp³-hybridized carbons (Fsp3) is 0.414. The van der Waals surface area contributed by atoms with E-state index in [1.54, 1.807) is 0 Å². The van der Waals surface area contributed by atoms with Crippen molar-refractivity contribution in [3.8, 4) is 11.5 Å². The largest absolute Gasteiger partial charge is 0.619 e. The van der Waals surface area contributed by atoms with Crippen LogP contribution in [0.3, 0.4) is 0 Å². The quantitative estimate of drug-likeness (QED) is 0.154. The molecule has 0 spiro atoms. The number of rotatable bonds is 13. The third kappa shape index (κ3) is 8.05. The lowest BCUT2D eigenvalue weighted by atomic mass is 10.0. The normalized spacial score (nSPS) is 17.5. The summed E-state index contributed by atoms with van der Waals surface area (Å²) in [4.78, 5) is 25.8. The van der Waals surface area contributed by atoms with Gasteiger partial charge in [-0.2, -0.15) is 17.8 Å². The van der Waals surface area contributed by atoms with Gasteiger partial charge in [0.05, 0.1) is 6.61 Å². The molecule has 2 aliphatic rings. The molecule has 1 aliphatic heterocycles. The summed E-state index contributed by atoms with van der Waals surface area (Å²) in [6.07, 6.45) is 3.93. The molecule has 2 aromatic heterocycles. The first-order valence-electron chi connectivity index (χ1n) is 14.3. The van der Waals surface area contributed by atoms with Crippen LogP contribution in [0, 0.1) is 11.1 Å². The van der Waals surface area contributed by atoms with Crippen LogP contribution in [-0.2, 0) is 33.0 Å². The number of pyridine rings is 1. The van der Waals surface area contributed by atoms with Gasteiger partial charge < -0.3 is 29.3 Å². The Bertz CT molecular complexity index is 1750. The average Bonchev–Trinajstić information content (AvgIpc) is 3.53. The lowest BCUT2D eigenvalue weighted by Crippen LogP contribution is -2.40. The van der Waals surface area contributed by atoms with Crippen molar-refractivity contribution in [3.63, 3.8) is 0 Å². The number of aryl methyl sites for hydroxylation is 1. The first kappa shape index (κ1) is 35.0. The van der Waals surface area contributed by atoms with Crippen molar-refractivity contribution in [2.75, 3.05) is 26.0 Å². The number of aromatic nitrogens is 2. The highest BCUT2D eigenvalue weighted by atomic mass is 35.5. The number of carbonyl (C=O) groups excluding carboxylic acids is 2. The Morgan fingerprint density at radius 3 is 2.51 bits per heavy atom. The van der Waals surface area contributed by atoms with Gasteiger partial charge in [0.2, 0.25) is 10.0 Å². The minimum atomic E-state index is -4.26. The zero-order valence-corrected chi connectivity index (χ0v) is 28.2. The highest BCUT2D eigenvalue weighted by Gasteiger charge is 2.43. The van der Waals surface area contributed by atoms with Crippen molar-refractivity contribution < 1.29 is 45.7 Å². The Kier molecular flexibility index (Phi) is 10.8. The van der Waals surface area contributed by atoms with Crippen LogP contribution in [0.1, 0.15) is 40.6 Å². The fourth-order valence-electron chi connectivity index (χ4n) is 4.91. The zero-order chi connectivity index (χ0) is 34.0. The number of amides is 1. The number of benzene rings is 1. The molecule has 1 N–H and O–H groups in total. The second kappa shape index (κ2) is 14.4. The zero-order valence-electron chi connectivity index (χ0n) is 25.0. The first-order valence-corrected chi connectivity index (χ1v) is 17.5. The number of alkyl halides is 2. The molecule has 2 atom stereocenters. The van der Waals surface area contributed by atoms with Crippen LogP contribution in [0.25, 0.3) is 0 Å². The number of nitrogens with one attached hydrogen (secondary N) is 1. The fourth-order valence-corrected chi connectivity index (χ4v) is 8.63. The lowest BCUT2D eigenvalue weighted by molar-refractivity contribution is -0.605. The van der Waals surface area contributed by atoms with Gasteiger partial charge in [-0.15, -0.1) is 11.8 Å². The minimum Gasteiger partial charge on any atom is -0.619 e. The maximum Gasteiger partial charge on any atom is 0.387 e. The van der Waals surface area contributed by atoms with Crippen LogP contribution in [0.5, 0.6) is 11.5 Å². The van der Waals surface area contributed by atoms with E-state index >= 15 is 0 Å².